The van der Waals surface area contributed by atoms with Gasteiger partial charge in [-0.2, -0.15) is 0 Å². The van der Waals surface area contributed by atoms with Gasteiger partial charge in [0.2, 0.25) is 5.91 Å². The molecule has 1 unspecified atom stereocenters. The quantitative estimate of drug-likeness (QED) is 0.783. The summed E-state index contributed by atoms with van der Waals surface area (Å²) in [5, 5.41) is 15.4. The molecular weight excluding hydrogens is 278 g/mol. The molecule has 0 radical (unpaired) electrons. The highest BCUT2D eigenvalue weighted by atomic mass is 16.5. The van der Waals surface area contributed by atoms with Crippen LogP contribution in [0.25, 0.3) is 0 Å². The zero-order valence-corrected chi connectivity index (χ0v) is 12.5. The smallest absolute Gasteiger partial charge is 0.326 e. The monoisotopic (exact) mass is 297 g/mol. The molecule has 0 spiro atoms. The van der Waals surface area contributed by atoms with Crippen LogP contribution in [0.3, 0.4) is 0 Å². The number of nitrogens with one attached hydrogen (secondary N) is 1. The molecule has 21 heavy (non-hydrogen) atoms. The summed E-state index contributed by atoms with van der Waals surface area (Å²) in [6.45, 7) is 6.21. The van der Waals surface area contributed by atoms with Crippen LogP contribution in [0.15, 0.2) is 4.52 Å². The molecule has 8 nitrogen and oxygen atoms in total. The van der Waals surface area contributed by atoms with Gasteiger partial charge in [0.25, 0.3) is 5.91 Å². The SMILES string of the molecule is CC(=O)NCCN(C(=O)c1c(C)noc1C)C(C)C(=O)O. The van der Waals surface area contributed by atoms with E-state index in [9.17, 15) is 14.4 Å². The normalized spacial score (nSPS) is 11.8. The molecule has 1 aromatic heterocycles. The molecule has 0 fully saturated rings. The standard InChI is InChI=1S/C13H19N3O5/c1-7-11(9(3)21-15-7)12(18)16(8(2)13(19)20)6-5-14-10(4)17/h8H,5-6H2,1-4H3,(H,14,17)(H,19,20). The van der Waals surface area contributed by atoms with Gasteiger partial charge in [0.15, 0.2) is 0 Å². The fourth-order valence-corrected chi connectivity index (χ4v) is 1.89. The Kier molecular flexibility index (Phi) is 5.45. The van der Waals surface area contributed by atoms with Crippen molar-refractivity contribution < 1.29 is 24.0 Å². The Morgan fingerprint density at radius 3 is 2.43 bits per heavy atom. The Bertz CT molecular complexity index is 533. The minimum Gasteiger partial charge on any atom is -0.480 e. The molecule has 1 atom stereocenters. The lowest BCUT2D eigenvalue weighted by molar-refractivity contribution is -0.141. The summed E-state index contributed by atoms with van der Waals surface area (Å²) in [7, 11) is 0. The van der Waals surface area contributed by atoms with E-state index < -0.39 is 17.9 Å². The summed E-state index contributed by atoms with van der Waals surface area (Å²) >= 11 is 0. The maximum atomic E-state index is 12.5. The predicted molar refractivity (Wildman–Crippen MR) is 72.8 cm³/mol. The fourth-order valence-electron chi connectivity index (χ4n) is 1.89. The topological polar surface area (TPSA) is 113 Å². The largest absolute Gasteiger partial charge is 0.480 e. The van der Waals surface area contributed by atoms with Gasteiger partial charge in [0.1, 0.15) is 17.4 Å². The van der Waals surface area contributed by atoms with Crippen LogP contribution in [0.4, 0.5) is 0 Å². The maximum absolute atomic E-state index is 12.5. The highest BCUT2D eigenvalue weighted by Gasteiger charge is 2.30. The third-order valence-corrected chi connectivity index (χ3v) is 3.06. The van der Waals surface area contributed by atoms with Crippen molar-refractivity contribution in [2.75, 3.05) is 13.1 Å². The second-order valence-corrected chi connectivity index (χ2v) is 4.69. The minimum atomic E-state index is -1.13. The lowest BCUT2D eigenvalue weighted by Crippen LogP contribution is -2.47. The van der Waals surface area contributed by atoms with Crippen molar-refractivity contribution in [2.45, 2.75) is 33.7 Å². The van der Waals surface area contributed by atoms with Gasteiger partial charge in [0, 0.05) is 20.0 Å². The zero-order valence-electron chi connectivity index (χ0n) is 12.5. The minimum absolute atomic E-state index is 0.0793. The molecule has 1 aromatic rings. The van der Waals surface area contributed by atoms with Gasteiger partial charge in [-0.05, 0) is 20.8 Å². The van der Waals surface area contributed by atoms with Crippen molar-refractivity contribution in [1.29, 1.82) is 0 Å². The van der Waals surface area contributed by atoms with E-state index in [0.29, 0.717) is 11.5 Å². The molecule has 0 aliphatic carbocycles. The van der Waals surface area contributed by atoms with E-state index in [-0.39, 0.29) is 24.6 Å². The highest BCUT2D eigenvalue weighted by Crippen LogP contribution is 2.16. The van der Waals surface area contributed by atoms with E-state index in [1.807, 2.05) is 0 Å². The van der Waals surface area contributed by atoms with Crippen LogP contribution in [-0.4, -0.2) is 52.1 Å². The summed E-state index contributed by atoms with van der Waals surface area (Å²) in [6, 6.07) is -1.03. The number of carboxylic acids is 1. The number of carboxylic acid groups (broad SMARTS) is 1. The first kappa shape index (κ1) is 16.7. The van der Waals surface area contributed by atoms with Crippen LogP contribution < -0.4 is 5.32 Å². The van der Waals surface area contributed by atoms with Crippen molar-refractivity contribution in [2.24, 2.45) is 0 Å². The van der Waals surface area contributed by atoms with Gasteiger partial charge in [0.05, 0.1) is 5.69 Å². The number of aliphatic carboxylic acids is 1. The number of carbonyl (C=O) groups excluding carboxylic acids is 2. The van der Waals surface area contributed by atoms with E-state index in [1.54, 1.807) is 13.8 Å². The number of aromatic nitrogens is 1. The average Bonchev–Trinajstić information content (AvgIpc) is 2.72. The number of hydrogen-bond acceptors (Lipinski definition) is 5. The summed E-state index contributed by atoms with van der Waals surface area (Å²) < 4.78 is 4.93. The number of amides is 2. The maximum Gasteiger partial charge on any atom is 0.326 e. The summed E-state index contributed by atoms with van der Waals surface area (Å²) in [6.07, 6.45) is 0. The molecular formula is C13H19N3O5. The number of aryl methyl sites for hydroxylation is 2. The molecule has 0 aliphatic heterocycles. The van der Waals surface area contributed by atoms with Crippen molar-refractivity contribution >= 4 is 17.8 Å². The molecule has 2 amide bonds. The van der Waals surface area contributed by atoms with E-state index in [0.717, 1.165) is 0 Å². The molecule has 0 aliphatic rings. The van der Waals surface area contributed by atoms with E-state index >= 15 is 0 Å². The lowest BCUT2D eigenvalue weighted by atomic mass is 10.1. The Morgan fingerprint density at radius 1 is 1.38 bits per heavy atom. The molecule has 1 rings (SSSR count). The van der Waals surface area contributed by atoms with Crippen LogP contribution in [0, 0.1) is 13.8 Å². The van der Waals surface area contributed by atoms with Gasteiger partial charge in [-0.15, -0.1) is 0 Å². The van der Waals surface area contributed by atoms with Crippen molar-refractivity contribution in [3.8, 4) is 0 Å². The molecule has 0 saturated heterocycles. The Hall–Kier alpha value is -2.38. The first-order valence-corrected chi connectivity index (χ1v) is 6.46. The van der Waals surface area contributed by atoms with Crippen LogP contribution >= 0.6 is 0 Å². The second kappa shape index (κ2) is 6.87. The van der Waals surface area contributed by atoms with Gasteiger partial charge >= 0.3 is 5.97 Å². The molecule has 0 aromatic carbocycles. The number of hydrogen-bond donors (Lipinski definition) is 2. The summed E-state index contributed by atoms with van der Waals surface area (Å²) in [4.78, 5) is 35.7. The number of nitrogens with zero attached hydrogens (tertiary/aromatic N) is 2. The molecule has 116 valence electrons. The third kappa shape index (κ3) is 4.04. The zero-order chi connectivity index (χ0) is 16.2. The van der Waals surface area contributed by atoms with Gasteiger partial charge < -0.3 is 19.8 Å². The van der Waals surface area contributed by atoms with Gasteiger partial charge in [-0.1, -0.05) is 5.16 Å². The summed E-state index contributed by atoms with van der Waals surface area (Å²) in [5.41, 5.74) is 0.658. The van der Waals surface area contributed by atoms with E-state index in [1.165, 1.54) is 18.7 Å². The van der Waals surface area contributed by atoms with Crippen LogP contribution in [0.1, 0.15) is 35.7 Å². The summed E-state index contributed by atoms with van der Waals surface area (Å²) in [5.74, 6) is -1.52. The Labute approximate surface area is 122 Å². The second-order valence-electron chi connectivity index (χ2n) is 4.69. The van der Waals surface area contributed by atoms with Crippen LogP contribution in [0.2, 0.25) is 0 Å². The van der Waals surface area contributed by atoms with Crippen LogP contribution in [-0.2, 0) is 9.59 Å². The van der Waals surface area contributed by atoms with E-state index in [2.05, 4.69) is 10.5 Å². The Balaban J connectivity index is 2.97. The first-order chi connectivity index (χ1) is 9.75. The third-order valence-electron chi connectivity index (χ3n) is 3.06. The van der Waals surface area contributed by atoms with Crippen molar-refractivity contribution in [3.63, 3.8) is 0 Å². The van der Waals surface area contributed by atoms with Gasteiger partial charge in [-0.25, -0.2) is 4.79 Å². The number of rotatable bonds is 6. The average molecular weight is 297 g/mol. The first-order valence-electron chi connectivity index (χ1n) is 6.46. The molecule has 0 bridgehead atoms. The molecule has 2 N–H and O–H groups in total. The molecule has 1 heterocycles. The predicted octanol–water partition coefficient (Wildman–Crippen LogP) is 0.343. The van der Waals surface area contributed by atoms with E-state index in [4.69, 9.17) is 9.63 Å². The highest BCUT2D eigenvalue weighted by molar-refractivity contribution is 5.98. The van der Waals surface area contributed by atoms with Crippen molar-refractivity contribution in [3.05, 3.63) is 17.0 Å². The van der Waals surface area contributed by atoms with Crippen LogP contribution in [0.5, 0.6) is 0 Å². The lowest BCUT2D eigenvalue weighted by Gasteiger charge is -2.26. The molecule has 0 saturated carbocycles. The fraction of sp³-hybridized carbons (Fsp3) is 0.538. The molecule has 8 heteroatoms. The van der Waals surface area contributed by atoms with Crippen molar-refractivity contribution in [1.82, 2.24) is 15.4 Å². The Morgan fingerprint density at radius 2 is 2.00 bits per heavy atom. The number of carbonyl (C=O) groups is 3. The van der Waals surface area contributed by atoms with Gasteiger partial charge in [-0.3, -0.25) is 9.59 Å².